The van der Waals surface area contributed by atoms with Gasteiger partial charge in [0.2, 0.25) is 0 Å². The van der Waals surface area contributed by atoms with Gasteiger partial charge in [0, 0.05) is 4.88 Å². The first kappa shape index (κ1) is 16.6. The second-order valence-electron chi connectivity index (χ2n) is 4.28. The summed E-state index contributed by atoms with van der Waals surface area (Å²) in [5.41, 5.74) is 0.273. The number of halogens is 2. The van der Waals surface area contributed by atoms with Crippen molar-refractivity contribution in [2.75, 3.05) is 18.3 Å². The monoisotopic (exact) mass is 364 g/mol. The molecular formula is C13H14Cl2N2O2S2. The first-order chi connectivity index (χ1) is 9.94. The van der Waals surface area contributed by atoms with Gasteiger partial charge in [-0.05, 0) is 44.3 Å². The van der Waals surface area contributed by atoms with Gasteiger partial charge in [-0.3, -0.25) is 4.72 Å². The average molecular weight is 365 g/mol. The summed E-state index contributed by atoms with van der Waals surface area (Å²) in [7, 11) is -1.80. The summed E-state index contributed by atoms with van der Waals surface area (Å²) in [6.07, 6.45) is 0.786. The fourth-order valence-electron chi connectivity index (χ4n) is 1.66. The molecule has 0 amide bonds. The Labute approximate surface area is 138 Å². The highest BCUT2D eigenvalue weighted by atomic mass is 35.5. The van der Waals surface area contributed by atoms with E-state index in [9.17, 15) is 8.42 Å². The van der Waals surface area contributed by atoms with Crippen LogP contribution < -0.4 is 10.0 Å². The summed E-state index contributed by atoms with van der Waals surface area (Å²) in [5.74, 6) is 0. The third-order valence-corrected chi connectivity index (χ3v) is 6.54. The lowest BCUT2D eigenvalue weighted by atomic mass is 10.3. The summed E-state index contributed by atoms with van der Waals surface area (Å²) >= 11 is 13.1. The smallest absolute Gasteiger partial charge is 0.271 e. The van der Waals surface area contributed by atoms with Gasteiger partial charge in [0.25, 0.3) is 10.0 Å². The van der Waals surface area contributed by atoms with Gasteiger partial charge >= 0.3 is 0 Å². The summed E-state index contributed by atoms with van der Waals surface area (Å²) in [4.78, 5) is 1.00. The van der Waals surface area contributed by atoms with E-state index in [2.05, 4.69) is 10.0 Å². The number of sulfonamides is 1. The quantitative estimate of drug-likeness (QED) is 0.822. The zero-order chi connectivity index (χ0) is 15.5. The fourth-order valence-corrected chi connectivity index (χ4v) is 4.49. The number of nitrogens with one attached hydrogen (secondary N) is 2. The molecule has 0 bridgehead atoms. The lowest BCUT2D eigenvalue weighted by molar-refractivity contribution is 0.603. The van der Waals surface area contributed by atoms with Crippen LogP contribution in [-0.4, -0.2) is 22.0 Å². The molecule has 0 saturated carbocycles. The third kappa shape index (κ3) is 4.11. The Balaban J connectivity index is 2.22. The predicted octanol–water partition coefficient (Wildman–Crippen LogP) is 3.62. The van der Waals surface area contributed by atoms with E-state index in [4.69, 9.17) is 23.2 Å². The standard InChI is InChI=1S/C13H14Cl2N2O2S2/c1-16-8-7-9-5-6-12(20-9)21(18,19)17-11-4-2-3-10(14)13(11)15/h2-6,16-17H,7-8H2,1H3. The van der Waals surface area contributed by atoms with Crippen molar-refractivity contribution in [2.45, 2.75) is 10.6 Å². The van der Waals surface area contributed by atoms with E-state index in [1.807, 2.05) is 13.1 Å². The lowest BCUT2D eigenvalue weighted by Gasteiger charge is -2.08. The summed E-state index contributed by atoms with van der Waals surface area (Å²) < 4.78 is 27.4. The zero-order valence-electron chi connectivity index (χ0n) is 11.2. The van der Waals surface area contributed by atoms with E-state index in [0.717, 1.165) is 17.8 Å². The van der Waals surface area contributed by atoms with Gasteiger partial charge in [0.15, 0.2) is 0 Å². The van der Waals surface area contributed by atoms with E-state index < -0.39 is 10.0 Å². The molecule has 0 aliphatic heterocycles. The Morgan fingerprint density at radius 3 is 2.67 bits per heavy atom. The molecule has 0 unspecified atom stereocenters. The normalized spacial score (nSPS) is 11.6. The van der Waals surface area contributed by atoms with E-state index in [0.29, 0.717) is 5.02 Å². The largest absolute Gasteiger partial charge is 0.319 e. The molecule has 2 N–H and O–H groups in total. The molecule has 0 radical (unpaired) electrons. The number of hydrogen-bond donors (Lipinski definition) is 2. The molecule has 0 saturated heterocycles. The van der Waals surface area contributed by atoms with Gasteiger partial charge < -0.3 is 5.32 Å². The van der Waals surface area contributed by atoms with Crippen molar-refractivity contribution in [3.8, 4) is 0 Å². The van der Waals surface area contributed by atoms with E-state index in [1.165, 1.54) is 11.3 Å². The molecule has 2 aromatic rings. The minimum absolute atomic E-state index is 0.190. The Morgan fingerprint density at radius 2 is 1.95 bits per heavy atom. The second kappa shape index (κ2) is 6.98. The highest BCUT2D eigenvalue weighted by Crippen LogP contribution is 2.32. The molecule has 0 spiro atoms. The van der Waals surface area contributed by atoms with Crippen LogP contribution in [0.2, 0.25) is 10.0 Å². The SMILES string of the molecule is CNCCc1ccc(S(=O)(=O)Nc2cccc(Cl)c2Cl)s1. The Bertz CT molecular complexity index is 730. The predicted molar refractivity (Wildman–Crippen MR) is 89.2 cm³/mol. The minimum Gasteiger partial charge on any atom is -0.319 e. The van der Waals surface area contributed by atoms with Crippen molar-refractivity contribution in [2.24, 2.45) is 0 Å². The molecule has 0 aliphatic carbocycles. The molecule has 0 fully saturated rings. The maximum Gasteiger partial charge on any atom is 0.271 e. The minimum atomic E-state index is -3.65. The average Bonchev–Trinajstić information content (AvgIpc) is 2.91. The number of anilines is 1. The van der Waals surface area contributed by atoms with Crippen LogP contribution in [0.1, 0.15) is 4.88 Å². The molecule has 0 atom stereocenters. The van der Waals surface area contributed by atoms with Crippen LogP contribution >= 0.6 is 34.5 Å². The molecular weight excluding hydrogens is 351 g/mol. The zero-order valence-corrected chi connectivity index (χ0v) is 14.3. The summed E-state index contributed by atoms with van der Waals surface area (Å²) in [5, 5.41) is 3.52. The highest BCUT2D eigenvalue weighted by Gasteiger charge is 2.18. The van der Waals surface area contributed by atoms with Crippen molar-refractivity contribution in [3.05, 3.63) is 45.3 Å². The lowest BCUT2D eigenvalue weighted by Crippen LogP contribution is -2.12. The Morgan fingerprint density at radius 1 is 1.19 bits per heavy atom. The third-order valence-electron chi connectivity index (χ3n) is 2.72. The van der Waals surface area contributed by atoms with Gasteiger partial charge in [-0.1, -0.05) is 29.3 Å². The molecule has 114 valence electrons. The van der Waals surface area contributed by atoms with Crippen molar-refractivity contribution in [1.82, 2.24) is 5.32 Å². The number of hydrogen-bond acceptors (Lipinski definition) is 4. The van der Waals surface area contributed by atoms with Gasteiger partial charge in [0.05, 0.1) is 15.7 Å². The summed E-state index contributed by atoms with van der Waals surface area (Å²) in [6.45, 7) is 0.799. The molecule has 2 rings (SSSR count). The van der Waals surface area contributed by atoms with E-state index >= 15 is 0 Å². The Kier molecular flexibility index (Phi) is 5.51. The fraction of sp³-hybridized carbons (Fsp3) is 0.231. The topological polar surface area (TPSA) is 58.2 Å². The van der Waals surface area contributed by atoms with Crippen molar-refractivity contribution in [3.63, 3.8) is 0 Å². The van der Waals surface area contributed by atoms with Crippen LogP contribution in [0.3, 0.4) is 0 Å². The number of likely N-dealkylation sites (N-methyl/N-ethyl adjacent to an activating group) is 1. The molecule has 0 aliphatic rings. The first-order valence-electron chi connectivity index (χ1n) is 6.14. The maximum absolute atomic E-state index is 12.3. The first-order valence-corrected chi connectivity index (χ1v) is 9.20. The second-order valence-corrected chi connectivity index (χ2v) is 8.14. The Hall–Kier alpha value is -0.790. The maximum atomic E-state index is 12.3. The van der Waals surface area contributed by atoms with Crippen LogP contribution in [0.15, 0.2) is 34.5 Å². The van der Waals surface area contributed by atoms with Crippen LogP contribution in [-0.2, 0) is 16.4 Å². The van der Waals surface area contributed by atoms with Gasteiger partial charge in [-0.25, -0.2) is 8.42 Å². The van der Waals surface area contributed by atoms with Gasteiger partial charge in [-0.2, -0.15) is 0 Å². The molecule has 1 aromatic heterocycles. The van der Waals surface area contributed by atoms with Gasteiger partial charge in [0.1, 0.15) is 4.21 Å². The molecule has 1 heterocycles. The number of benzene rings is 1. The van der Waals surface area contributed by atoms with Crippen LogP contribution in [0.4, 0.5) is 5.69 Å². The number of thiophene rings is 1. The highest BCUT2D eigenvalue weighted by molar-refractivity contribution is 7.94. The number of rotatable bonds is 6. The van der Waals surface area contributed by atoms with Crippen LogP contribution in [0, 0.1) is 0 Å². The van der Waals surface area contributed by atoms with Gasteiger partial charge in [-0.15, -0.1) is 11.3 Å². The molecule has 1 aromatic carbocycles. The van der Waals surface area contributed by atoms with E-state index in [1.54, 1.807) is 24.3 Å². The van der Waals surface area contributed by atoms with E-state index in [-0.39, 0.29) is 14.9 Å². The van der Waals surface area contributed by atoms with Crippen LogP contribution in [0.25, 0.3) is 0 Å². The van der Waals surface area contributed by atoms with Crippen LogP contribution in [0.5, 0.6) is 0 Å². The molecule has 8 heteroatoms. The molecule has 21 heavy (non-hydrogen) atoms. The summed E-state index contributed by atoms with van der Waals surface area (Å²) in [6, 6.07) is 8.22. The molecule has 4 nitrogen and oxygen atoms in total. The van der Waals surface area contributed by atoms with Crippen molar-refractivity contribution in [1.29, 1.82) is 0 Å². The van der Waals surface area contributed by atoms with Crippen molar-refractivity contribution < 1.29 is 8.42 Å². The van der Waals surface area contributed by atoms with Crippen molar-refractivity contribution >= 4 is 50.2 Å².